The first kappa shape index (κ1) is 23.4. The van der Waals surface area contributed by atoms with Crippen molar-refractivity contribution in [2.75, 3.05) is 13.1 Å². The summed E-state index contributed by atoms with van der Waals surface area (Å²) < 4.78 is 1.13. The topological polar surface area (TPSA) is 94.6 Å². The number of hydrazine groups is 1. The number of likely N-dealkylation sites (tertiary alicyclic amines) is 1. The molecular formula is C26H29N5O3S. The van der Waals surface area contributed by atoms with E-state index in [0.717, 1.165) is 51.6 Å². The molecule has 2 aliphatic heterocycles. The molecule has 2 N–H and O–H groups in total. The van der Waals surface area contributed by atoms with Crippen molar-refractivity contribution in [3.8, 4) is 0 Å². The van der Waals surface area contributed by atoms with Crippen LogP contribution in [0.15, 0.2) is 54.6 Å². The molecule has 9 heteroatoms. The number of thiazole rings is 1. The monoisotopic (exact) mass is 491 g/mol. The number of carbonyl (C=O) groups excluding carboxylic acids is 3. The number of amides is 4. The highest BCUT2D eigenvalue weighted by atomic mass is 32.1. The first-order valence-corrected chi connectivity index (χ1v) is 12.8. The Bertz CT molecular complexity index is 1210. The number of para-hydroxylation sites is 1. The number of nitrogens with zero attached hydrogens (tertiary/aromatic N) is 3. The van der Waals surface area contributed by atoms with Crippen LogP contribution in [0.3, 0.4) is 0 Å². The molecule has 1 aromatic heterocycles. The second-order valence-electron chi connectivity index (χ2n) is 9.43. The number of rotatable bonds is 7. The van der Waals surface area contributed by atoms with Gasteiger partial charge in [0.05, 0.1) is 22.8 Å². The van der Waals surface area contributed by atoms with Crippen molar-refractivity contribution in [2.24, 2.45) is 0 Å². The van der Waals surface area contributed by atoms with Gasteiger partial charge in [0, 0.05) is 0 Å². The van der Waals surface area contributed by atoms with E-state index < -0.39 is 17.5 Å². The molecule has 2 atom stereocenters. The number of piperidine rings is 1. The standard InChI is InChI=1S/C26H29N5O3S/c1-26(15-14-18-9-3-2-4-10-18)24(33)31(25(34)28-26)29-22(32)17-30-16-8-7-12-20(30)23-27-19-11-5-6-13-21(19)35-23/h2-6,9-11,13,20H,7-8,12,14-17H2,1H3,(H,28,34)(H,29,32). The number of hydrogen-bond acceptors (Lipinski definition) is 6. The summed E-state index contributed by atoms with van der Waals surface area (Å²) in [6, 6.07) is 17.3. The molecule has 2 saturated heterocycles. The number of hydrogen-bond donors (Lipinski definition) is 2. The van der Waals surface area contributed by atoms with E-state index in [1.54, 1.807) is 18.3 Å². The molecule has 182 valence electrons. The maximum absolute atomic E-state index is 13.1. The van der Waals surface area contributed by atoms with Crippen LogP contribution >= 0.6 is 11.3 Å². The van der Waals surface area contributed by atoms with Crippen LogP contribution in [-0.4, -0.2) is 51.4 Å². The zero-order valence-electron chi connectivity index (χ0n) is 19.7. The highest BCUT2D eigenvalue weighted by Crippen LogP contribution is 2.35. The van der Waals surface area contributed by atoms with Gasteiger partial charge in [0.25, 0.3) is 11.8 Å². The summed E-state index contributed by atoms with van der Waals surface area (Å²) in [6.07, 6.45) is 4.08. The maximum atomic E-state index is 13.1. The third-order valence-electron chi connectivity index (χ3n) is 6.81. The van der Waals surface area contributed by atoms with Gasteiger partial charge >= 0.3 is 6.03 Å². The molecule has 2 unspecified atom stereocenters. The molecule has 35 heavy (non-hydrogen) atoms. The van der Waals surface area contributed by atoms with Gasteiger partial charge in [0.1, 0.15) is 10.5 Å². The van der Waals surface area contributed by atoms with E-state index in [0.29, 0.717) is 12.8 Å². The van der Waals surface area contributed by atoms with E-state index in [1.807, 2.05) is 48.5 Å². The van der Waals surface area contributed by atoms with Gasteiger partial charge < -0.3 is 5.32 Å². The number of benzene rings is 2. The van der Waals surface area contributed by atoms with E-state index in [2.05, 4.69) is 21.7 Å². The number of fused-ring (bicyclic) bond motifs is 1. The second-order valence-corrected chi connectivity index (χ2v) is 10.5. The van der Waals surface area contributed by atoms with Crippen LogP contribution in [0.1, 0.15) is 49.2 Å². The predicted octanol–water partition coefficient (Wildman–Crippen LogP) is 3.80. The summed E-state index contributed by atoms with van der Waals surface area (Å²) in [5, 5.41) is 4.60. The van der Waals surface area contributed by atoms with Crippen molar-refractivity contribution in [3.05, 3.63) is 65.2 Å². The average molecular weight is 492 g/mol. The van der Waals surface area contributed by atoms with Gasteiger partial charge in [-0.2, -0.15) is 5.01 Å². The smallest absolute Gasteiger partial charge is 0.322 e. The lowest BCUT2D eigenvalue weighted by Crippen LogP contribution is -2.52. The van der Waals surface area contributed by atoms with Crippen LogP contribution in [0.2, 0.25) is 0 Å². The zero-order chi connectivity index (χ0) is 24.4. The molecule has 2 aliphatic rings. The Balaban J connectivity index is 1.23. The SMILES string of the molecule is CC1(CCc2ccccc2)NC(=O)N(NC(=O)CN2CCCCC2c2nc3ccccc3s2)C1=O. The van der Waals surface area contributed by atoms with Gasteiger partial charge in [-0.15, -0.1) is 11.3 Å². The van der Waals surface area contributed by atoms with E-state index >= 15 is 0 Å². The predicted molar refractivity (Wildman–Crippen MR) is 134 cm³/mol. The Morgan fingerprint density at radius 2 is 1.91 bits per heavy atom. The summed E-state index contributed by atoms with van der Waals surface area (Å²) >= 11 is 1.66. The minimum Gasteiger partial charge on any atom is -0.322 e. The quantitative estimate of drug-likeness (QED) is 0.491. The summed E-state index contributed by atoms with van der Waals surface area (Å²) in [4.78, 5) is 45.5. The van der Waals surface area contributed by atoms with E-state index in [9.17, 15) is 14.4 Å². The van der Waals surface area contributed by atoms with Crippen LogP contribution in [-0.2, 0) is 16.0 Å². The summed E-state index contributed by atoms with van der Waals surface area (Å²) in [7, 11) is 0. The van der Waals surface area contributed by atoms with Crippen molar-refractivity contribution in [2.45, 2.75) is 50.6 Å². The molecule has 2 aromatic carbocycles. The van der Waals surface area contributed by atoms with Gasteiger partial charge in [-0.3, -0.25) is 19.9 Å². The molecule has 0 bridgehead atoms. The molecule has 4 amide bonds. The third kappa shape index (κ3) is 4.92. The highest BCUT2D eigenvalue weighted by Gasteiger charge is 2.48. The van der Waals surface area contributed by atoms with Gasteiger partial charge in [0.15, 0.2) is 0 Å². The Kier molecular flexibility index (Phi) is 6.53. The molecule has 0 saturated carbocycles. The molecular weight excluding hydrogens is 462 g/mol. The molecule has 0 radical (unpaired) electrons. The lowest BCUT2D eigenvalue weighted by atomic mass is 9.93. The number of carbonyl (C=O) groups is 3. The molecule has 0 spiro atoms. The van der Waals surface area contributed by atoms with Crippen molar-refractivity contribution in [1.82, 2.24) is 25.6 Å². The lowest BCUT2D eigenvalue weighted by molar-refractivity contribution is -0.139. The normalized spacial score (nSPS) is 23.0. The van der Waals surface area contributed by atoms with Gasteiger partial charge in [-0.1, -0.05) is 48.9 Å². The molecule has 8 nitrogen and oxygen atoms in total. The average Bonchev–Trinajstić information content (AvgIpc) is 3.38. The van der Waals surface area contributed by atoms with E-state index in [4.69, 9.17) is 4.98 Å². The van der Waals surface area contributed by atoms with Crippen molar-refractivity contribution in [3.63, 3.8) is 0 Å². The van der Waals surface area contributed by atoms with Crippen LogP contribution < -0.4 is 10.7 Å². The Hall–Kier alpha value is -3.30. The minimum atomic E-state index is -1.06. The van der Waals surface area contributed by atoms with Crippen LogP contribution in [0.4, 0.5) is 4.79 Å². The zero-order valence-corrected chi connectivity index (χ0v) is 20.5. The molecule has 5 rings (SSSR count). The summed E-state index contributed by atoms with van der Waals surface area (Å²) in [5.41, 5.74) is 3.55. The Morgan fingerprint density at radius 3 is 2.71 bits per heavy atom. The van der Waals surface area contributed by atoms with Crippen molar-refractivity contribution < 1.29 is 14.4 Å². The Morgan fingerprint density at radius 1 is 1.14 bits per heavy atom. The summed E-state index contributed by atoms with van der Waals surface area (Å²) in [6.45, 7) is 2.57. The first-order valence-electron chi connectivity index (χ1n) is 12.0. The van der Waals surface area contributed by atoms with Crippen molar-refractivity contribution >= 4 is 39.4 Å². The van der Waals surface area contributed by atoms with Gasteiger partial charge in [-0.05, 0) is 56.8 Å². The van der Waals surface area contributed by atoms with Crippen molar-refractivity contribution in [1.29, 1.82) is 0 Å². The van der Waals surface area contributed by atoms with E-state index in [1.165, 1.54) is 0 Å². The second kappa shape index (κ2) is 9.75. The first-order chi connectivity index (χ1) is 16.9. The minimum absolute atomic E-state index is 0.0474. The van der Waals surface area contributed by atoms with Crippen LogP contribution in [0.25, 0.3) is 10.2 Å². The van der Waals surface area contributed by atoms with Gasteiger partial charge in [-0.25, -0.2) is 9.78 Å². The molecule has 3 heterocycles. The maximum Gasteiger partial charge on any atom is 0.344 e. The van der Waals surface area contributed by atoms with Crippen LogP contribution in [0, 0.1) is 0 Å². The number of nitrogens with one attached hydrogen (secondary N) is 2. The fourth-order valence-electron chi connectivity index (χ4n) is 4.83. The number of aryl methyl sites for hydroxylation is 1. The molecule has 3 aromatic rings. The molecule has 0 aliphatic carbocycles. The highest BCUT2D eigenvalue weighted by molar-refractivity contribution is 7.18. The largest absolute Gasteiger partial charge is 0.344 e. The van der Waals surface area contributed by atoms with Gasteiger partial charge in [0.2, 0.25) is 0 Å². The summed E-state index contributed by atoms with van der Waals surface area (Å²) in [5.74, 6) is -0.818. The number of imide groups is 1. The fraction of sp³-hybridized carbons (Fsp3) is 0.385. The number of urea groups is 1. The number of aromatic nitrogens is 1. The van der Waals surface area contributed by atoms with Crippen LogP contribution in [0.5, 0.6) is 0 Å². The van der Waals surface area contributed by atoms with E-state index in [-0.39, 0.29) is 18.5 Å². The fourth-order valence-corrected chi connectivity index (χ4v) is 5.97. The Labute approximate surface area is 208 Å². The molecule has 2 fully saturated rings. The third-order valence-corrected chi connectivity index (χ3v) is 7.95. The lowest BCUT2D eigenvalue weighted by Gasteiger charge is -2.34.